The minimum atomic E-state index is -4.25. The fourth-order valence-corrected chi connectivity index (χ4v) is 5.31. The third-order valence-corrected chi connectivity index (χ3v) is 6.96. The first-order chi connectivity index (χ1) is 15.8. The molecule has 5 rings (SSSR count). The summed E-state index contributed by atoms with van der Waals surface area (Å²) in [7, 11) is 0. The van der Waals surface area contributed by atoms with Gasteiger partial charge in [-0.25, -0.2) is 0 Å². The Morgan fingerprint density at radius 2 is 1.88 bits per heavy atom. The number of aliphatic hydroxyl groups is 1. The van der Waals surface area contributed by atoms with E-state index in [1.165, 1.54) is 16.0 Å². The Bertz CT molecular complexity index is 1020. The highest BCUT2D eigenvalue weighted by atomic mass is 19.4. The molecule has 1 aromatic carbocycles. The lowest BCUT2D eigenvalue weighted by molar-refractivity contribution is -0.148. The van der Waals surface area contributed by atoms with Crippen molar-refractivity contribution >= 4 is 5.91 Å². The van der Waals surface area contributed by atoms with Gasteiger partial charge in [0.2, 0.25) is 0 Å². The van der Waals surface area contributed by atoms with E-state index in [1.54, 1.807) is 15.6 Å². The van der Waals surface area contributed by atoms with Crippen LogP contribution >= 0.6 is 0 Å². The van der Waals surface area contributed by atoms with Gasteiger partial charge in [0.05, 0.1) is 24.9 Å². The molecule has 0 unspecified atom stereocenters. The van der Waals surface area contributed by atoms with Gasteiger partial charge in [-0.2, -0.15) is 18.3 Å². The molecule has 0 radical (unpaired) electrons. The highest BCUT2D eigenvalue weighted by Crippen LogP contribution is 2.26. The number of fused-ring (bicyclic) bond motifs is 2. The van der Waals surface area contributed by atoms with Crippen molar-refractivity contribution < 1.29 is 23.1 Å². The minimum Gasteiger partial charge on any atom is -0.390 e. The second kappa shape index (κ2) is 8.73. The van der Waals surface area contributed by atoms with Gasteiger partial charge in [-0.15, -0.1) is 0 Å². The molecular formula is C23H28F3N5O2. The number of β-amino-alcohol motifs (C(OH)–C–C–N with tert-alkyl or cyclic N) is 1. The Hall–Kier alpha value is -2.43. The van der Waals surface area contributed by atoms with Crippen LogP contribution in [0, 0.1) is 0 Å². The summed E-state index contributed by atoms with van der Waals surface area (Å²) >= 11 is 0. The minimum absolute atomic E-state index is 0.00599. The summed E-state index contributed by atoms with van der Waals surface area (Å²) in [5, 5.41) is 15.2. The standard InChI is InChI=1S/C23H28F3N5O2/c24-23(25,26)15-28-9-10-31-18(13-28)11-19(27-31)22(33)30-8-6-20(21(32)14-30)29-7-5-16-3-1-2-4-17(16)12-29/h1-4,11,20-21,32H,5-10,12-15H2/t20-,21-/m0/s1. The zero-order chi connectivity index (χ0) is 23.2. The molecule has 2 aromatic rings. The number of rotatable bonds is 3. The van der Waals surface area contributed by atoms with Crippen molar-refractivity contribution in [3.63, 3.8) is 0 Å². The highest BCUT2D eigenvalue weighted by Gasteiger charge is 2.37. The Kier molecular flexibility index (Phi) is 5.92. The van der Waals surface area contributed by atoms with Gasteiger partial charge in [0, 0.05) is 45.3 Å². The van der Waals surface area contributed by atoms with Gasteiger partial charge in [-0.1, -0.05) is 24.3 Å². The molecule has 2 atom stereocenters. The zero-order valence-electron chi connectivity index (χ0n) is 18.3. The molecule has 1 amide bonds. The van der Waals surface area contributed by atoms with Crippen LogP contribution in [0.4, 0.5) is 13.2 Å². The van der Waals surface area contributed by atoms with Crippen LogP contribution in [-0.2, 0) is 26.1 Å². The lowest BCUT2D eigenvalue weighted by Crippen LogP contribution is -2.56. The number of aliphatic hydroxyl groups excluding tert-OH is 1. The number of hydrogen-bond acceptors (Lipinski definition) is 5. The number of alkyl halides is 3. The van der Waals surface area contributed by atoms with Crippen LogP contribution in [0.25, 0.3) is 0 Å². The molecule has 1 N–H and O–H groups in total. The number of hydrogen-bond donors (Lipinski definition) is 1. The Morgan fingerprint density at radius 3 is 2.64 bits per heavy atom. The SMILES string of the molecule is O=C(c1cc2n(n1)CCN(CC(F)(F)F)C2)N1CC[C@H](N2CCc3ccccc3C2)[C@@H](O)C1. The third kappa shape index (κ3) is 4.78. The maximum Gasteiger partial charge on any atom is 0.401 e. The first-order valence-electron chi connectivity index (χ1n) is 11.4. The molecule has 1 fully saturated rings. The number of amides is 1. The molecular weight excluding hydrogens is 435 g/mol. The fourth-order valence-electron chi connectivity index (χ4n) is 5.31. The Morgan fingerprint density at radius 1 is 1.09 bits per heavy atom. The predicted molar refractivity (Wildman–Crippen MR) is 114 cm³/mol. The second-order valence-electron chi connectivity index (χ2n) is 9.23. The van der Waals surface area contributed by atoms with Crippen LogP contribution in [0.3, 0.4) is 0 Å². The number of likely N-dealkylation sites (tertiary alicyclic amines) is 1. The quantitative estimate of drug-likeness (QED) is 0.754. The normalized spacial score (nSPS) is 24.4. The molecule has 3 aliphatic heterocycles. The number of halogens is 3. The average molecular weight is 464 g/mol. The van der Waals surface area contributed by atoms with E-state index in [0.717, 1.165) is 19.5 Å². The molecule has 7 nitrogen and oxygen atoms in total. The smallest absolute Gasteiger partial charge is 0.390 e. The Labute approximate surface area is 190 Å². The van der Waals surface area contributed by atoms with Gasteiger partial charge in [0.25, 0.3) is 5.91 Å². The highest BCUT2D eigenvalue weighted by molar-refractivity contribution is 5.92. The van der Waals surface area contributed by atoms with Crippen LogP contribution in [0.1, 0.15) is 33.7 Å². The first kappa shape index (κ1) is 22.4. The monoisotopic (exact) mass is 463 g/mol. The number of benzene rings is 1. The van der Waals surface area contributed by atoms with E-state index < -0.39 is 18.8 Å². The summed E-state index contributed by atoms with van der Waals surface area (Å²) in [6.45, 7) is 2.13. The van der Waals surface area contributed by atoms with E-state index in [0.29, 0.717) is 25.2 Å². The molecule has 3 aliphatic rings. The fraction of sp³-hybridized carbons (Fsp3) is 0.565. The number of aromatic nitrogens is 2. The summed E-state index contributed by atoms with van der Waals surface area (Å²) in [5.74, 6) is -0.277. The molecule has 0 bridgehead atoms. The molecule has 178 valence electrons. The molecule has 10 heteroatoms. The van der Waals surface area contributed by atoms with Crippen molar-refractivity contribution in [1.82, 2.24) is 24.5 Å². The summed E-state index contributed by atoms with van der Waals surface area (Å²) in [6, 6.07) is 9.95. The molecule has 33 heavy (non-hydrogen) atoms. The molecule has 4 heterocycles. The lowest BCUT2D eigenvalue weighted by Gasteiger charge is -2.43. The molecule has 0 aliphatic carbocycles. The van der Waals surface area contributed by atoms with Gasteiger partial charge < -0.3 is 10.0 Å². The van der Waals surface area contributed by atoms with E-state index in [1.807, 2.05) is 6.07 Å². The maximum atomic E-state index is 13.1. The van der Waals surface area contributed by atoms with E-state index in [4.69, 9.17) is 0 Å². The van der Waals surface area contributed by atoms with Gasteiger partial charge >= 0.3 is 6.18 Å². The van der Waals surface area contributed by atoms with Crippen LogP contribution in [0.5, 0.6) is 0 Å². The average Bonchev–Trinajstić information content (AvgIpc) is 3.20. The van der Waals surface area contributed by atoms with Gasteiger partial charge in [-0.05, 0) is 30.0 Å². The van der Waals surface area contributed by atoms with Crippen molar-refractivity contribution in [3.05, 3.63) is 52.8 Å². The van der Waals surface area contributed by atoms with Crippen LogP contribution < -0.4 is 0 Å². The second-order valence-corrected chi connectivity index (χ2v) is 9.23. The van der Waals surface area contributed by atoms with Gasteiger partial charge in [0.1, 0.15) is 0 Å². The maximum absolute atomic E-state index is 13.1. The van der Waals surface area contributed by atoms with E-state index in [9.17, 15) is 23.1 Å². The largest absolute Gasteiger partial charge is 0.401 e. The number of nitrogens with zero attached hydrogens (tertiary/aromatic N) is 5. The van der Waals surface area contributed by atoms with Crippen molar-refractivity contribution in [2.45, 2.75) is 50.8 Å². The zero-order valence-corrected chi connectivity index (χ0v) is 18.3. The Balaban J connectivity index is 1.21. The van der Waals surface area contributed by atoms with E-state index in [-0.39, 0.29) is 37.3 Å². The van der Waals surface area contributed by atoms with Crippen LogP contribution in [0.2, 0.25) is 0 Å². The third-order valence-electron chi connectivity index (χ3n) is 6.96. The number of carbonyl (C=O) groups excluding carboxylic acids is 1. The van der Waals surface area contributed by atoms with Crippen LogP contribution in [0.15, 0.2) is 30.3 Å². The van der Waals surface area contributed by atoms with Gasteiger partial charge in [-0.3, -0.25) is 19.3 Å². The van der Waals surface area contributed by atoms with Gasteiger partial charge in [0.15, 0.2) is 5.69 Å². The van der Waals surface area contributed by atoms with Crippen molar-refractivity contribution in [2.75, 3.05) is 32.7 Å². The summed E-state index contributed by atoms with van der Waals surface area (Å²) in [6.07, 6.45) is -3.29. The summed E-state index contributed by atoms with van der Waals surface area (Å²) in [4.78, 5) is 18.3. The molecule has 1 aromatic heterocycles. The van der Waals surface area contributed by atoms with E-state index >= 15 is 0 Å². The van der Waals surface area contributed by atoms with Crippen molar-refractivity contribution in [2.24, 2.45) is 0 Å². The first-order valence-corrected chi connectivity index (χ1v) is 11.4. The molecule has 1 saturated heterocycles. The van der Waals surface area contributed by atoms with E-state index in [2.05, 4.69) is 28.2 Å². The topological polar surface area (TPSA) is 64.8 Å². The van der Waals surface area contributed by atoms with Crippen LogP contribution in [-0.4, -0.2) is 86.5 Å². The summed E-state index contributed by atoms with van der Waals surface area (Å²) < 4.78 is 39.8. The number of piperidine rings is 1. The molecule has 0 spiro atoms. The van der Waals surface area contributed by atoms with Crippen molar-refractivity contribution in [1.29, 1.82) is 0 Å². The van der Waals surface area contributed by atoms with Crippen molar-refractivity contribution in [3.8, 4) is 0 Å². The summed E-state index contributed by atoms with van der Waals surface area (Å²) in [5.41, 5.74) is 3.48. The number of carbonyl (C=O) groups is 1. The lowest BCUT2D eigenvalue weighted by atomic mass is 9.94. The predicted octanol–water partition coefficient (Wildman–Crippen LogP) is 1.89. The molecule has 0 saturated carbocycles.